The number of carbonyl (C=O) groups excluding carboxylic acids is 1. The van der Waals surface area contributed by atoms with Gasteiger partial charge in [-0.1, -0.05) is 23.9 Å². The van der Waals surface area contributed by atoms with E-state index in [1.54, 1.807) is 36.0 Å². The minimum absolute atomic E-state index is 0.0177. The fourth-order valence-electron chi connectivity index (χ4n) is 4.26. The molecule has 4 rings (SSSR count). The maximum absolute atomic E-state index is 13.1. The number of carbonyl (C=O) groups is 1. The summed E-state index contributed by atoms with van der Waals surface area (Å²) < 4.78 is 18.5. The number of rotatable bonds is 7. The lowest BCUT2D eigenvalue weighted by molar-refractivity contribution is -0.127. The number of aryl methyl sites for hydroxylation is 1. The highest BCUT2D eigenvalue weighted by molar-refractivity contribution is 7.99. The quantitative estimate of drug-likeness (QED) is 0.349. The van der Waals surface area contributed by atoms with Crippen LogP contribution in [0.25, 0.3) is 6.08 Å². The van der Waals surface area contributed by atoms with Crippen LogP contribution in [0.15, 0.2) is 41.7 Å². The highest BCUT2D eigenvalue weighted by Crippen LogP contribution is 2.29. The van der Waals surface area contributed by atoms with Crippen LogP contribution in [0.1, 0.15) is 35.6 Å². The predicted octanol–water partition coefficient (Wildman–Crippen LogP) is 3.77. The summed E-state index contributed by atoms with van der Waals surface area (Å²) in [4.78, 5) is 26.5. The van der Waals surface area contributed by atoms with Gasteiger partial charge in [0.2, 0.25) is 5.91 Å². The van der Waals surface area contributed by atoms with E-state index >= 15 is 0 Å². The van der Waals surface area contributed by atoms with Crippen molar-refractivity contribution in [2.75, 3.05) is 51.7 Å². The first-order valence-electron chi connectivity index (χ1n) is 11.6. The van der Waals surface area contributed by atoms with Crippen LogP contribution in [0.3, 0.4) is 0 Å². The summed E-state index contributed by atoms with van der Waals surface area (Å²) in [6, 6.07) is 6.13. The number of hydrogen-bond donors (Lipinski definition) is 0. The van der Waals surface area contributed by atoms with Gasteiger partial charge in [0, 0.05) is 56.7 Å². The monoisotopic (exact) mass is 470 g/mol. The average Bonchev–Trinajstić information content (AvgIpc) is 2.85. The van der Waals surface area contributed by atoms with Crippen molar-refractivity contribution in [3.63, 3.8) is 0 Å². The van der Waals surface area contributed by atoms with Gasteiger partial charge in [-0.2, -0.15) is 0 Å². The van der Waals surface area contributed by atoms with Gasteiger partial charge < -0.3 is 9.64 Å². The van der Waals surface area contributed by atoms with Gasteiger partial charge in [-0.15, -0.1) is 0 Å². The molecule has 1 amide bonds. The molecule has 0 aliphatic carbocycles. The first-order chi connectivity index (χ1) is 16.1. The van der Waals surface area contributed by atoms with E-state index in [1.165, 1.54) is 12.1 Å². The van der Waals surface area contributed by atoms with Gasteiger partial charge in [-0.3, -0.25) is 9.69 Å². The van der Waals surface area contributed by atoms with Gasteiger partial charge in [-0.05, 0) is 49.1 Å². The summed E-state index contributed by atoms with van der Waals surface area (Å²) in [5.74, 6) is 0.863. The number of amides is 1. The van der Waals surface area contributed by atoms with Crippen molar-refractivity contribution in [2.24, 2.45) is 0 Å². The van der Waals surface area contributed by atoms with Crippen LogP contribution in [0, 0.1) is 12.7 Å². The third-order valence-electron chi connectivity index (χ3n) is 6.14. The Balaban J connectivity index is 1.35. The van der Waals surface area contributed by atoms with E-state index in [2.05, 4.69) is 9.88 Å². The molecule has 0 unspecified atom stereocenters. The molecular weight excluding hydrogens is 439 g/mol. The molecule has 2 aliphatic heterocycles. The molecular formula is C25H31FN4O2S. The lowest BCUT2D eigenvalue weighted by Crippen LogP contribution is -2.38. The average molecular weight is 471 g/mol. The van der Waals surface area contributed by atoms with Crippen molar-refractivity contribution in [3.05, 3.63) is 59.2 Å². The van der Waals surface area contributed by atoms with Gasteiger partial charge in [0.25, 0.3) is 0 Å². The molecule has 0 bridgehead atoms. The summed E-state index contributed by atoms with van der Waals surface area (Å²) in [5, 5.41) is 0.809. The number of halogens is 1. The van der Waals surface area contributed by atoms with Crippen molar-refractivity contribution in [2.45, 2.75) is 30.8 Å². The third kappa shape index (κ3) is 6.85. The Labute approximate surface area is 199 Å². The van der Waals surface area contributed by atoms with Crippen LogP contribution in [-0.4, -0.2) is 77.4 Å². The molecule has 2 fully saturated rings. The molecule has 0 N–H and O–H groups in total. The van der Waals surface area contributed by atoms with E-state index in [4.69, 9.17) is 9.72 Å². The second-order valence-corrected chi connectivity index (χ2v) is 9.59. The van der Waals surface area contributed by atoms with E-state index in [1.807, 2.05) is 18.0 Å². The number of piperidine rings is 1. The molecule has 2 aliphatic rings. The molecule has 2 aromatic rings. The molecule has 8 heteroatoms. The van der Waals surface area contributed by atoms with Gasteiger partial charge >= 0.3 is 0 Å². The van der Waals surface area contributed by atoms with Gasteiger partial charge in [-0.25, -0.2) is 14.4 Å². The number of thioether (sulfide) groups is 1. The molecule has 33 heavy (non-hydrogen) atoms. The Bertz CT molecular complexity index is 963. The first kappa shape index (κ1) is 23.9. The highest BCUT2D eigenvalue weighted by Gasteiger charge is 2.26. The third-order valence-corrected chi connectivity index (χ3v) is 6.98. The topological polar surface area (TPSA) is 58.6 Å². The van der Waals surface area contributed by atoms with E-state index in [9.17, 15) is 9.18 Å². The van der Waals surface area contributed by atoms with Crippen LogP contribution in [-0.2, 0) is 9.53 Å². The van der Waals surface area contributed by atoms with Crippen molar-refractivity contribution < 1.29 is 13.9 Å². The Hall–Kier alpha value is -2.29. The minimum atomic E-state index is -0.281. The van der Waals surface area contributed by atoms with Crippen LogP contribution in [0.2, 0.25) is 0 Å². The van der Waals surface area contributed by atoms with Crippen LogP contribution in [0.5, 0.6) is 0 Å². The Morgan fingerprint density at radius 1 is 1.24 bits per heavy atom. The van der Waals surface area contributed by atoms with E-state index in [-0.39, 0.29) is 17.6 Å². The minimum Gasteiger partial charge on any atom is -0.379 e. The number of aromatic nitrogens is 2. The largest absolute Gasteiger partial charge is 0.379 e. The van der Waals surface area contributed by atoms with Crippen LogP contribution < -0.4 is 0 Å². The maximum atomic E-state index is 13.1. The standard InChI is InChI=1S/C25H31FN4O2S/c1-19-17-27-25(33-16-13-29-11-14-32-15-12-29)28-24(19)21-3-2-10-30(18-21)23(31)9-6-20-4-7-22(26)8-5-20/h4-9,17,21H,2-3,10-16,18H2,1H3/b9-6+/t21-/m1/s1. The summed E-state index contributed by atoms with van der Waals surface area (Å²) in [6.07, 6.45) is 7.19. The molecule has 1 aromatic heterocycles. The second kappa shape index (κ2) is 11.7. The Morgan fingerprint density at radius 3 is 2.82 bits per heavy atom. The van der Waals surface area contributed by atoms with Crippen LogP contribution >= 0.6 is 11.8 Å². The fourth-order valence-corrected chi connectivity index (χ4v) is 5.08. The van der Waals surface area contributed by atoms with Crippen molar-refractivity contribution in [1.82, 2.24) is 19.8 Å². The lowest BCUT2D eigenvalue weighted by atomic mass is 9.92. The molecule has 6 nitrogen and oxygen atoms in total. The first-order valence-corrected chi connectivity index (χ1v) is 12.6. The van der Waals surface area contributed by atoms with Crippen molar-refractivity contribution >= 4 is 23.7 Å². The fraction of sp³-hybridized carbons (Fsp3) is 0.480. The molecule has 2 saturated heterocycles. The number of nitrogens with zero attached hydrogens (tertiary/aromatic N) is 4. The molecule has 1 aromatic carbocycles. The van der Waals surface area contributed by atoms with E-state index in [0.717, 1.165) is 80.0 Å². The second-order valence-electron chi connectivity index (χ2n) is 8.53. The number of ether oxygens (including phenoxy) is 1. The molecule has 0 spiro atoms. The summed E-state index contributed by atoms with van der Waals surface area (Å²) in [7, 11) is 0. The molecule has 176 valence electrons. The zero-order valence-electron chi connectivity index (χ0n) is 19.1. The predicted molar refractivity (Wildman–Crippen MR) is 129 cm³/mol. The molecule has 0 radical (unpaired) electrons. The maximum Gasteiger partial charge on any atom is 0.246 e. The SMILES string of the molecule is Cc1cnc(SCCN2CCOCC2)nc1[C@@H]1CCCN(C(=O)/C=C/c2ccc(F)cc2)C1. The normalized spacial score (nSPS) is 19.8. The smallest absolute Gasteiger partial charge is 0.246 e. The zero-order valence-corrected chi connectivity index (χ0v) is 19.9. The number of likely N-dealkylation sites (tertiary alicyclic amines) is 1. The van der Waals surface area contributed by atoms with Gasteiger partial charge in [0.15, 0.2) is 5.16 Å². The Morgan fingerprint density at radius 2 is 2.03 bits per heavy atom. The van der Waals surface area contributed by atoms with Crippen molar-refractivity contribution in [3.8, 4) is 0 Å². The number of morpholine rings is 1. The van der Waals surface area contributed by atoms with Gasteiger partial charge in [0.05, 0.1) is 18.9 Å². The number of benzene rings is 1. The lowest BCUT2D eigenvalue weighted by Gasteiger charge is -2.32. The molecule has 0 saturated carbocycles. The van der Waals surface area contributed by atoms with Crippen LogP contribution in [0.4, 0.5) is 4.39 Å². The molecule has 1 atom stereocenters. The highest BCUT2D eigenvalue weighted by atomic mass is 32.2. The molecule has 3 heterocycles. The van der Waals surface area contributed by atoms with E-state index in [0.29, 0.717) is 6.54 Å². The zero-order chi connectivity index (χ0) is 23.0. The number of hydrogen-bond acceptors (Lipinski definition) is 6. The van der Waals surface area contributed by atoms with Gasteiger partial charge in [0.1, 0.15) is 5.82 Å². The summed E-state index contributed by atoms with van der Waals surface area (Å²) in [5.41, 5.74) is 2.94. The Kier molecular flexibility index (Phi) is 8.47. The van der Waals surface area contributed by atoms with Crippen molar-refractivity contribution in [1.29, 1.82) is 0 Å². The summed E-state index contributed by atoms with van der Waals surface area (Å²) in [6.45, 7) is 8.05. The summed E-state index contributed by atoms with van der Waals surface area (Å²) >= 11 is 1.69. The van der Waals surface area contributed by atoms with E-state index < -0.39 is 0 Å².